The lowest BCUT2D eigenvalue weighted by molar-refractivity contribution is -0.120. The second-order valence-corrected chi connectivity index (χ2v) is 7.70. The highest BCUT2D eigenvalue weighted by molar-refractivity contribution is 5.96. The minimum absolute atomic E-state index is 0.0465. The van der Waals surface area contributed by atoms with Gasteiger partial charge in [0.15, 0.2) is 0 Å². The van der Waals surface area contributed by atoms with Gasteiger partial charge in [-0.15, -0.1) is 0 Å². The maximum absolute atomic E-state index is 13.0. The quantitative estimate of drug-likeness (QED) is 0.667. The number of nitrogens with zero attached hydrogens (tertiary/aromatic N) is 3. The van der Waals surface area contributed by atoms with Crippen LogP contribution in [-0.2, 0) is 11.3 Å². The van der Waals surface area contributed by atoms with Crippen molar-refractivity contribution < 1.29 is 14.1 Å². The van der Waals surface area contributed by atoms with Crippen LogP contribution in [0, 0.1) is 13.8 Å². The summed E-state index contributed by atoms with van der Waals surface area (Å²) in [7, 11) is 1.60. The number of amides is 1. The summed E-state index contributed by atoms with van der Waals surface area (Å²) >= 11 is 0. The molecule has 0 aliphatic carbocycles. The first kappa shape index (κ1) is 20.1. The lowest BCUT2D eigenvalue weighted by Gasteiger charge is -2.22. The monoisotopic (exact) mass is 406 g/mol. The Hall–Kier alpha value is -3.19. The lowest BCUT2D eigenvalue weighted by atomic mass is 10.1. The molecule has 2 aromatic carbocycles. The van der Waals surface area contributed by atoms with E-state index in [2.05, 4.69) is 20.4 Å². The summed E-state index contributed by atoms with van der Waals surface area (Å²) in [6.07, 6.45) is 1.74. The van der Waals surface area contributed by atoms with E-state index < -0.39 is 0 Å². The van der Waals surface area contributed by atoms with E-state index in [1.54, 1.807) is 7.11 Å². The Morgan fingerprint density at radius 3 is 2.87 bits per heavy atom. The van der Waals surface area contributed by atoms with Crippen molar-refractivity contribution in [3.8, 4) is 17.1 Å². The number of methoxy groups -OCH3 is 1. The van der Waals surface area contributed by atoms with Gasteiger partial charge in [0, 0.05) is 5.56 Å². The van der Waals surface area contributed by atoms with Crippen LogP contribution in [0.15, 0.2) is 47.0 Å². The zero-order chi connectivity index (χ0) is 21.1. The Balaban J connectivity index is 1.45. The van der Waals surface area contributed by atoms with E-state index >= 15 is 0 Å². The molecule has 1 aliphatic heterocycles. The number of aromatic nitrogens is 2. The van der Waals surface area contributed by atoms with Crippen molar-refractivity contribution >= 4 is 11.6 Å². The van der Waals surface area contributed by atoms with Crippen LogP contribution in [0.3, 0.4) is 0 Å². The summed E-state index contributed by atoms with van der Waals surface area (Å²) in [6, 6.07) is 13.5. The molecule has 1 unspecified atom stereocenters. The molecule has 1 fully saturated rings. The van der Waals surface area contributed by atoms with Gasteiger partial charge in [-0.1, -0.05) is 35.0 Å². The second-order valence-electron chi connectivity index (χ2n) is 7.70. The molecule has 1 amide bonds. The largest absolute Gasteiger partial charge is 0.495 e. The minimum atomic E-state index is -0.246. The third-order valence-corrected chi connectivity index (χ3v) is 5.36. The average molecular weight is 406 g/mol. The van der Waals surface area contributed by atoms with Crippen LogP contribution >= 0.6 is 0 Å². The third kappa shape index (κ3) is 4.36. The zero-order valence-electron chi connectivity index (χ0n) is 17.5. The predicted molar refractivity (Wildman–Crippen MR) is 114 cm³/mol. The van der Waals surface area contributed by atoms with E-state index in [-0.39, 0.29) is 11.9 Å². The fraction of sp³-hybridized carbons (Fsp3) is 0.348. The van der Waals surface area contributed by atoms with Gasteiger partial charge >= 0.3 is 0 Å². The van der Waals surface area contributed by atoms with E-state index in [0.29, 0.717) is 29.7 Å². The van der Waals surface area contributed by atoms with E-state index in [4.69, 9.17) is 9.26 Å². The number of carbonyl (C=O) groups is 1. The van der Waals surface area contributed by atoms with E-state index in [1.165, 1.54) is 0 Å². The van der Waals surface area contributed by atoms with Crippen LogP contribution in [0.1, 0.15) is 29.9 Å². The predicted octanol–water partition coefficient (Wildman–Crippen LogP) is 3.97. The van der Waals surface area contributed by atoms with E-state index in [0.717, 1.165) is 36.1 Å². The number of hydrogen-bond acceptors (Lipinski definition) is 6. The smallest absolute Gasteiger partial charge is 0.241 e. The van der Waals surface area contributed by atoms with Crippen molar-refractivity contribution in [3.05, 3.63) is 59.5 Å². The molecule has 1 aliphatic rings. The number of benzene rings is 2. The number of aryl methyl sites for hydroxylation is 2. The summed E-state index contributed by atoms with van der Waals surface area (Å²) < 4.78 is 10.8. The summed E-state index contributed by atoms with van der Waals surface area (Å²) in [6.45, 7) is 5.27. The number of nitrogens with one attached hydrogen (secondary N) is 1. The first-order valence-corrected chi connectivity index (χ1v) is 10.1. The minimum Gasteiger partial charge on any atom is -0.495 e. The number of hydrogen-bond donors (Lipinski definition) is 1. The molecule has 7 heteroatoms. The maximum Gasteiger partial charge on any atom is 0.241 e. The molecule has 156 valence electrons. The van der Waals surface area contributed by atoms with Gasteiger partial charge in [0.2, 0.25) is 17.6 Å². The summed E-state index contributed by atoms with van der Waals surface area (Å²) in [5.74, 6) is 1.69. The van der Waals surface area contributed by atoms with Crippen LogP contribution in [0.2, 0.25) is 0 Å². The van der Waals surface area contributed by atoms with Crippen molar-refractivity contribution in [2.24, 2.45) is 0 Å². The molecule has 4 rings (SSSR count). The number of carbonyl (C=O) groups excluding carboxylic acids is 1. The molecule has 3 aromatic rings. The lowest BCUT2D eigenvalue weighted by Crippen LogP contribution is -2.39. The molecule has 0 radical (unpaired) electrons. The van der Waals surface area contributed by atoms with Gasteiger partial charge in [-0.3, -0.25) is 9.69 Å². The molecule has 0 saturated carbocycles. The fourth-order valence-corrected chi connectivity index (χ4v) is 3.84. The summed E-state index contributed by atoms with van der Waals surface area (Å²) in [4.78, 5) is 19.6. The molecule has 1 saturated heterocycles. The number of likely N-dealkylation sites (tertiary alicyclic amines) is 1. The Labute approximate surface area is 176 Å². The van der Waals surface area contributed by atoms with Gasteiger partial charge in [0.25, 0.3) is 0 Å². The molecule has 1 aromatic heterocycles. The fourth-order valence-electron chi connectivity index (χ4n) is 3.84. The van der Waals surface area contributed by atoms with Crippen molar-refractivity contribution in [2.75, 3.05) is 19.0 Å². The number of anilines is 1. The first-order chi connectivity index (χ1) is 14.5. The Morgan fingerprint density at radius 2 is 2.07 bits per heavy atom. The maximum atomic E-state index is 13.0. The highest BCUT2D eigenvalue weighted by Crippen LogP contribution is 2.28. The number of ether oxygens (including phenoxy) is 1. The Morgan fingerprint density at radius 1 is 1.23 bits per heavy atom. The van der Waals surface area contributed by atoms with Crippen molar-refractivity contribution in [1.29, 1.82) is 0 Å². The van der Waals surface area contributed by atoms with Crippen LogP contribution in [0.5, 0.6) is 5.75 Å². The van der Waals surface area contributed by atoms with Crippen LogP contribution < -0.4 is 10.1 Å². The normalized spacial score (nSPS) is 16.6. The van der Waals surface area contributed by atoms with Gasteiger partial charge in [0.05, 0.1) is 25.4 Å². The topological polar surface area (TPSA) is 80.5 Å². The summed E-state index contributed by atoms with van der Waals surface area (Å²) in [5.41, 5.74) is 3.81. The zero-order valence-corrected chi connectivity index (χ0v) is 17.5. The van der Waals surface area contributed by atoms with Gasteiger partial charge in [-0.25, -0.2) is 0 Å². The molecule has 1 N–H and O–H groups in total. The molecule has 0 spiro atoms. The molecule has 0 bridgehead atoms. The average Bonchev–Trinajstić information content (AvgIpc) is 3.38. The van der Waals surface area contributed by atoms with Crippen molar-refractivity contribution in [3.63, 3.8) is 0 Å². The molecule has 30 heavy (non-hydrogen) atoms. The molecule has 2 heterocycles. The van der Waals surface area contributed by atoms with Gasteiger partial charge < -0.3 is 14.6 Å². The van der Waals surface area contributed by atoms with Gasteiger partial charge in [-0.2, -0.15) is 4.98 Å². The van der Waals surface area contributed by atoms with Crippen LogP contribution in [0.4, 0.5) is 5.69 Å². The highest BCUT2D eigenvalue weighted by Gasteiger charge is 2.32. The van der Waals surface area contributed by atoms with E-state index in [9.17, 15) is 4.79 Å². The third-order valence-electron chi connectivity index (χ3n) is 5.36. The Bertz CT molecular complexity index is 1050. The van der Waals surface area contributed by atoms with E-state index in [1.807, 2.05) is 56.3 Å². The number of rotatable bonds is 6. The van der Waals surface area contributed by atoms with Crippen molar-refractivity contribution in [2.45, 2.75) is 39.3 Å². The Kier molecular flexibility index (Phi) is 5.81. The molecular formula is C23H26N4O3. The van der Waals surface area contributed by atoms with Gasteiger partial charge in [-0.05, 0) is 57.0 Å². The standard InChI is InChI=1S/C23H26N4O3/c1-15-6-4-7-17(12-15)22-25-21(30-26-22)14-27-11-5-8-19(27)23(28)24-18-13-16(2)9-10-20(18)29-3/h4,6-7,9-10,12-13,19H,5,8,11,14H2,1-3H3,(H,24,28). The molecule has 7 nitrogen and oxygen atoms in total. The second kappa shape index (κ2) is 8.67. The summed E-state index contributed by atoms with van der Waals surface area (Å²) in [5, 5.41) is 7.13. The first-order valence-electron chi connectivity index (χ1n) is 10.1. The van der Waals surface area contributed by atoms with Crippen molar-refractivity contribution in [1.82, 2.24) is 15.0 Å². The molecule has 1 atom stereocenters. The molecular weight excluding hydrogens is 380 g/mol. The van der Waals surface area contributed by atoms with Gasteiger partial charge in [0.1, 0.15) is 5.75 Å². The SMILES string of the molecule is COc1ccc(C)cc1NC(=O)C1CCCN1Cc1nc(-c2cccc(C)c2)no1. The highest BCUT2D eigenvalue weighted by atomic mass is 16.5. The van der Waals surface area contributed by atoms with Crippen LogP contribution in [-0.4, -0.2) is 40.6 Å². The van der Waals surface area contributed by atoms with Crippen LogP contribution in [0.25, 0.3) is 11.4 Å².